The van der Waals surface area contributed by atoms with E-state index in [0.717, 1.165) is 56.2 Å². The summed E-state index contributed by atoms with van der Waals surface area (Å²) in [6.45, 7) is 28.2. The fraction of sp³-hybridized carbons (Fsp3) is 0.657. The maximum absolute atomic E-state index is 14.7. The van der Waals surface area contributed by atoms with Gasteiger partial charge >= 0.3 is 0 Å². The molecule has 5 nitrogen and oxygen atoms in total. The van der Waals surface area contributed by atoms with E-state index in [9.17, 15) is 9.59 Å². The molecule has 0 amide bonds. The zero-order valence-corrected chi connectivity index (χ0v) is 25.4. The van der Waals surface area contributed by atoms with Crippen molar-refractivity contribution >= 4 is 17.3 Å². The summed E-state index contributed by atoms with van der Waals surface area (Å²) >= 11 is 0. The van der Waals surface area contributed by atoms with Crippen molar-refractivity contribution < 1.29 is 9.59 Å². The number of imidazole rings is 1. The summed E-state index contributed by atoms with van der Waals surface area (Å²) in [6.07, 6.45) is 16.7. The van der Waals surface area contributed by atoms with Crippen molar-refractivity contribution in [2.75, 3.05) is 0 Å². The third-order valence-electron chi connectivity index (χ3n) is 13.2. The van der Waals surface area contributed by atoms with Gasteiger partial charge in [0.2, 0.25) is 5.70 Å². The van der Waals surface area contributed by atoms with Crippen LogP contribution in [-0.4, -0.2) is 21.1 Å². The van der Waals surface area contributed by atoms with E-state index in [1.807, 2.05) is 44.7 Å². The number of aromatic nitrogens is 2. The number of Topliss-reactive ketones (excluding diaryl/α,β-unsaturated/α-hetero) is 1. The maximum Gasteiger partial charge on any atom is 0.226 e. The minimum Gasteiger partial charge on any atom is -0.310 e. The molecule has 0 spiro atoms. The van der Waals surface area contributed by atoms with Crippen LogP contribution < -0.4 is 0 Å². The fourth-order valence-electron chi connectivity index (χ4n) is 10.8. The standard InChI is InChI=1S/C35H45N3O2/c1-22(38-17-16-37-21-38)35-14-12-30(2,3)19-23(35)28-25(39)18-27-32(6)20-24(36-9)29(40)31(4,5)26(32)10-11-33(27,7)34(28,8)13-15-35/h16-18,20-21,23,26,28H,1,10-15,19H2,2-8H3/t23-,26-,28-,32-,33+,34+,35+/m0/s1. The molecule has 0 aromatic carbocycles. The summed E-state index contributed by atoms with van der Waals surface area (Å²) in [4.78, 5) is 36.0. The second kappa shape index (κ2) is 8.17. The first kappa shape index (κ1) is 27.4. The van der Waals surface area contributed by atoms with E-state index >= 15 is 0 Å². The molecule has 5 aliphatic rings. The Morgan fingerprint density at radius 1 is 1.05 bits per heavy atom. The third kappa shape index (κ3) is 3.23. The average molecular weight is 540 g/mol. The van der Waals surface area contributed by atoms with Gasteiger partial charge in [-0.2, -0.15) is 0 Å². The van der Waals surface area contributed by atoms with Crippen LogP contribution in [0, 0.1) is 56.8 Å². The Bertz CT molecular complexity index is 1420. The van der Waals surface area contributed by atoms with Gasteiger partial charge < -0.3 is 9.36 Å². The quantitative estimate of drug-likeness (QED) is 0.359. The Balaban J connectivity index is 1.53. The summed E-state index contributed by atoms with van der Waals surface area (Å²) in [5.41, 5.74) is 0.996. The molecule has 0 N–H and O–H groups in total. The van der Waals surface area contributed by atoms with Crippen molar-refractivity contribution in [1.29, 1.82) is 0 Å². The van der Waals surface area contributed by atoms with Crippen molar-refractivity contribution in [3.05, 3.63) is 60.1 Å². The van der Waals surface area contributed by atoms with Crippen molar-refractivity contribution in [2.45, 2.75) is 93.4 Å². The monoisotopic (exact) mass is 539 g/mol. The van der Waals surface area contributed by atoms with Crippen molar-refractivity contribution in [3.63, 3.8) is 0 Å². The molecule has 1 aromatic heterocycles. The van der Waals surface area contributed by atoms with Gasteiger partial charge in [-0.05, 0) is 79.1 Å². The van der Waals surface area contributed by atoms with Crippen molar-refractivity contribution in [1.82, 2.24) is 9.55 Å². The van der Waals surface area contributed by atoms with Gasteiger partial charge in [0.15, 0.2) is 11.6 Å². The predicted octanol–water partition coefficient (Wildman–Crippen LogP) is 7.93. The molecule has 3 fully saturated rings. The maximum atomic E-state index is 14.7. The molecule has 6 rings (SSSR count). The van der Waals surface area contributed by atoms with Gasteiger partial charge in [-0.25, -0.2) is 9.83 Å². The van der Waals surface area contributed by atoms with Crippen LogP contribution in [0.1, 0.15) is 93.4 Å². The topological polar surface area (TPSA) is 56.3 Å². The fourth-order valence-corrected chi connectivity index (χ4v) is 10.8. The van der Waals surface area contributed by atoms with Crippen LogP contribution >= 0.6 is 0 Å². The van der Waals surface area contributed by atoms with Crippen molar-refractivity contribution in [3.8, 4) is 0 Å². The molecule has 0 radical (unpaired) electrons. The summed E-state index contributed by atoms with van der Waals surface area (Å²) in [7, 11) is 0. The van der Waals surface area contributed by atoms with E-state index in [1.165, 1.54) is 0 Å². The third-order valence-corrected chi connectivity index (χ3v) is 13.2. The number of hydrogen-bond acceptors (Lipinski definition) is 3. The van der Waals surface area contributed by atoms with Gasteiger partial charge in [-0.3, -0.25) is 4.79 Å². The van der Waals surface area contributed by atoms with Gasteiger partial charge in [-0.15, -0.1) is 0 Å². The Hall–Kier alpha value is -2.74. The molecule has 1 aromatic rings. The van der Waals surface area contributed by atoms with Crippen LogP contribution in [-0.2, 0) is 9.59 Å². The first-order valence-corrected chi connectivity index (χ1v) is 15.2. The molecule has 5 aliphatic carbocycles. The zero-order chi connectivity index (χ0) is 29.1. The molecule has 5 heteroatoms. The highest BCUT2D eigenvalue weighted by Gasteiger charge is 2.70. The number of allylic oxidation sites excluding steroid dienone is 5. The van der Waals surface area contributed by atoms with Crippen LogP contribution in [0.15, 0.2) is 48.7 Å². The second-order valence-corrected chi connectivity index (χ2v) is 15.8. The molecule has 7 atom stereocenters. The van der Waals surface area contributed by atoms with E-state index in [0.29, 0.717) is 0 Å². The summed E-state index contributed by atoms with van der Waals surface area (Å²) in [5, 5.41) is 0. The Labute approximate surface area is 240 Å². The van der Waals surface area contributed by atoms with Crippen LogP contribution in [0.25, 0.3) is 10.5 Å². The minimum atomic E-state index is -0.635. The number of carbonyl (C=O) groups excluding carboxylic acids is 2. The van der Waals surface area contributed by atoms with Crippen molar-refractivity contribution in [2.24, 2.45) is 50.2 Å². The Morgan fingerprint density at radius 3 is 2.40 bits per heavy atom. The summed E-state index contributed by atoms with van der Waals surface area (Å²) in [6, 6.07) is 0. The normalized spacial score (nSPS) is 43.2. The number of rotatable bonds is 2. The minimum absolute atomic E-state index is 0.0506. The molecule has 3 saturated carbocycles. The highest BCUT2D eigenvalue weighted by molar-refractivity contribution is 6.03. The predicted molar refractivity (Wildman–Crippen MR) is 157 cm³/mol. The lowest BCUT2D eigenvalue weighted by Crippen LogP contribution is -2.65. The zero-order valence-electron chi connectivity index (χ0n) is 25.4. The van der Waals surface area contributed by atoms with Gasteiger partial charge in [0.1, 0.15) is 0 Å². The van der Waals surface area contributed by atoms with Crippen LogP contribution in [0.5, 0.6) is 0 Å². The summed E-state index contributed by atoms with van der Waals surface area (Å²) < 4.78 is 2.09. The molecule has 1 heterocycles. The number of fused-ring (bicyclic) bond motifs is 7. The largest absolute Gasteiger partial charge is 0.310 e. The molecule has 0 saturated heterocycles. The summed E-state index contributed by atoms with van der Waals surface area (Å²) in [5.74, 6) is 0.385. The Kier molecular flexibility index (Phi) is 5.61. The van der Waals surface area contributed by atoms with E-state index in [4.69, 9.17) is 6.57 Å². The van der Waals surface area contributed by atoms with E-state index < -0.39 is 10.8 Å². The van der Waals surface area contributed by atoms with E-state index in [1.54, 1.807) is 0 Å². The van der Waals surface area contributed by atoms with Gasteiger partial charge in [0, 0.05) is 40.3 Å². The number of nitrogens with zero attached hydrogens (tertiary/aromatic N) is 3. The smallest absolute Gasteiger partial charge is 0.226 e. The average Bonchev–Trinajstić information content (AvgIpc) is 3.42. The highest BCUT2D eigenvalue weighted by atomic mass is 16.1. The molecular weight excluding hydrogens is 494 g/mol. The number of ketones is 2. The first-order chi connectivity index (χ1) is 18.6. The van der Waals surface area contributed by atoms with E-state index in [2.05, 4.69) is 55.6 Å². The lowest BCUT2D eigenvalue weighted by molar-refractivity contribution is -0.163. The van der Waals surface area contributed by atoms with E-state index in [-0.39, 0.29) is 56.7 Å². The van der Waals surface area contributed by atoms with Crippen LogP contribution in [0.3, 0.4) is 0 Å². The molecule has 0 aliphatic heterocycles. The van der Waals surface area contributed by atoms with Crippen LogP contribution in [0.4, 0.5) is 0 Å². The number of hydrogen-bond donors (Lipinski definition) is 0. The molecule has 0 unspecified atom stereocenters. The second-order valence-electron chi connectivity index (χ2n) is 15.8. The molecule has 212 valence electrons. The molecule has 40 heavy (non-hydrogen) atoms. The SMILES string of the molecule is [C-]#[N+]C1=C[C@]2(C)C3=CC(=O)[C@@H]4[C@@H]5CC(C)(C)CC[C@]5(C(=C)n5ccnc5)CC[C@@]4(C)[C@]3(C)CC[C@H]2C(C)(C)C1=O. The van der Waals surface area contributed by atoms with Gasteiger partial charge in [-0.1, -0.05) is 66.7 Å². The number of carbonyl (C=O) groups is 2. The van der Waals surface area contributed by atoms with Gasteiger partial charge in [0.25, 0.3) is 0 Å². The highest BCUT2D eigenvalue weighted by Crippen LogP contribution is 2.75. The van der Waals surface area contributed by atoms with Gasteiger partial charge in [0.05, 0.1) is 12.9 Å². The van der Waals surface area contributed by atoms with Crippen LogP contribution in [0.2, 0.25) is 0 Å². The molecular formula is C35H45N3O2. The Morgan fingerprint density at radius 2 is 1.75 bits per heavy atom. The molecule has 0 bridgehead atoms. The lowest BCUT2D eigenvalue weighted by Gasteiger charge is -2.69. The lowest BCUT2D eigenvalue weighted by atomic mass is 9.34. The first-order valence-electron chi connectivity index (χ1n) is 15.2.